The fraction of sp³-hybridized carbons (Fsp3) is 0.133. The minimum Gasteiger partial charge on any atom is -0.460 e. The van der Waals surface area contributed by atoms with E-state index in [1.165, 1.54) is 16.5 Å². The van der Waals surface area contributed by atoms with E-state index < -0.39 is 0 Å². The molecule has 0 aliphatic carbocycles. The highest BCUT2D eigenvalue weighted by atomic mass is 79.9. The van der Waals surface area contributed by atoms with Crippen LogP contribution < -0.4 is 0 Å². The van der Waals surface area contributed by atoms with Gasteiger partial charge in [0.1, 0.15) is 11.3 Å². The van der Waals surface area contributed by atoms with Crippen LogP contribution in [0.25, 0.3) is 11.0 Å². The first-order valence-corrected chi connectivity index (χ1v) is 6.60. The number of aromatic nitrogens is 1. The average Bonchev–Trinajstić information content (AvgIpc) is 2.68. The third-order valence-corrected chi connectivity index (χ3v) is 3.58. The first kappa shape index (κ1) is 11.5. The lowest BCUT2D eigenvalue weighted by molar-refractivity contribution is 0.559. The Morgan fingerprint density at radius 3 is 2.94 bits per heavy atom. The van der Waals surface area contributed by atoms with E-state index >= 15 is 0 Å². The van der Waals surface area contributed by atoms with E-state index in [9.17, 15) is 0 Å². The molecule has 90 valence electrons. The van der Waals surface area contributed by atoms with E-state index in [-0.39, 0.29) is 0 Å². The van der Waals surface area contributed by atoms with Crippen molar-refractivity contribution >= 4 is 26.9 Å². The molecule has 0 N–H and O–H groups in total. The van der Waals surface area contributed by atoms with E-state index in [2.05, 4.69) is 40.0 Å². The van der Waals surface area contributed by atoms with Gasteiger partial charge >= 0.3 is 0 Å². The van der Waals surface area contributed by atoms with Crippen molar-refractivity contribution in [3.05, 3.63) is 64.1 Å². The normalized spacial score (nSPS) is 11.0. The van der Waals surface area contributed by atoms with Gasteiger partial charge in [-0.1, -0.05) is 22.0 Å². The van der Waals surface area contributed by atoms with Gasteiger partial charge in [0.05, 0.1) is 0 Å². The number of benzene rings is 1. The molecule has 0 amide bonds. The first-order valence-electron chi connectivity index (χ1n) is 5.80. The second-order valence-electron chi connectivity index (χ2n) is 4.33. The number of hydrogen-bond acceptors (Lipinski definition) is 2. The summed E-state index contributed by atoms with van der Waals surface area (Å²) in [5.74, 6) is 1.01. The summed E-state index contributed by atoms with van der Waals surface area (Å²) >= 11 is 3.49. The van der Waals surface area contributed by atoms with Crippen molar-refractivity contribution in [3.8, 4) is 0 Å². The van der Waals surface area contributed by atoms with E-state index in [1.54, 1.807) is 6.20 Å². The van der Waals surface area contributed by atoms with Crippen molar-refractivity contribution in [1.82, 2.24) is 4.98 Å². The highest BCUT2D eigenvalue weighted by Crippen LogP contribution is 2.29. The van der Waals surface area contributed by atoms with Crippen LogP contribution in [0.4, 0.5) is 0 Å². The lowest BCUT2D eigenvalue weighted by Crippen LogP contribution is -1.88. The summed E-state index contributed by atoms with van der Waals surface area (Å²) in [7, 11) is 0. The Hall–Kier alpha value is -1.61. The molecule has 3 rings (SSSR count). The first-order chi connectivity index (χ1) is 8.74. The van der Waals surface area contributed by atoms with Gasteiger partial charge in [-0.05, 0) is 42.3 Å². The highest BCUT2D eigenvalue weighted by Gasteiger charge is 2.11. The predicted molar refractivity (Wildman–Crippen MR) is 75.7 cm³/mol. The Morgan fingerprint density at radius 2 is 2.17 bits per heavy atom. The maximum absolute atomic E-state index is 5.91. The maximum atomic E-state index is 5.91. The molecule has 2 aromatic heterocycles. The Morgan fingerprint density at radius 1 is 1.28 bits per heavy atom. The topological polar surface area (TPSA) is 26.0 Å². The van der Waals surface area contributed by atoms with Gasteiger partial charge in [-0.2, -0.15) is 0 Å². The number of halogens is 1. The van der Waals surface area contributed by atoms with Crippen LogP contribution in [-0.2, 0) is 6.42 Å². The zero-order valence-corrected chi connectivity index (χ0v) is 11.6. The van der Waals surface area contributed by atoms with Crippen molar-refractivity contribution in [1.29, 1.82) is 0 Å². The van der Waals surface area contributed by atoms with Crippen LogP contribution >= 0.6 is 15.9 Å². The number of pyridine rings is 1. The van der Waals surface area contributed by atoms with Crippen LogP contribution in [-0.4, -0.2) is 4.98 Å². The fourth-order valence-electron chi connectivity index (χ4n) is 2.10. The highest BCUT2D eigenvalue weighted by molar-refractivity contribution is 9.10. The molecule has 0 saturated carbocycles. The SMILES string of the molecule is Cc1c(Cc2cccnc2)oc2ccc(Br)cc12. The second kappa shape index (κ2) is 4.58. The molecule has 0 fully saturated rings. The molecule has 0 aliphatic heterocycles. The molecule has 2 heterocycles. The number of nitrogens with zero attached hydrogens (tertiary/aromatic N) is 1. The molecule has 3 aromatic rings. The van der Waals surface area contributed by atoms with Gasteiger partial charge in [-0.3, -0.25) is 4.98 Å². The van der Waals surface area contributed by atoms with Crippen LogP contribution in [0.5, 0.6) is 0 Å². The Bertz CT molecular complexity index is 688. The number of hydrogen-bond donors (Lipinski definition) is 0. The van der Waals surface area contributed by atoms with Crippen LogP contribution in [0.1, 0.15) is 16.9 Å². The molecule has 18 heavy (non-hydrogen) atoms. The molecule has 1 aromatic carbocycles. The summed E-state index contributed by atoms with van der Waals surface area (Å²) in [6.07, 6.45) is 4.45. The third kappa shape index (κ3) is 2.06. The van der Waals surface area contributed by atoms with Crippen molar-refractivity contribution in [2.24, 2.45) is 0 Å². The van der Waals surface area contributed by atoms with Crippen LogP contribution in [0, 0.1) is 6.92 Å². The Balaban J connectivity index is 2.05. The van der Waals surface area contributed by atoms with Gasteiger partial charge in [0, 0.05) is 28.7 Å². The number of rotatable bonds is 2. The van der Waals surface area contributed by atoms with Gasteiger partial charge < -0.3 is 4.42 Å². The molecule has 0 aliphatic rings. The van der Waals surface area contributed by atoms with E-state index in [0.29, 0.717) is 0 Å². The summed E-state index contributed by atoms with van der Waals surface area (Å²) in [5.41, 5.74) is 3.31. The summed E-state index contributed by atoms with van der Waals surface area (Å²) in [6, 6.07) is 10.1. The molecule has 2 nitrogen and oxygen atoms in total. The molecular weight excluding hydrogens is 290 g/mol. The molecule has 3 heteroatoms. The van der Waals surface area contributed by atoms with Crippen molar-refractivity contribution in [2.45, 2.75) is 13.3 Å². The molecule has 0 saturated heterocycles. The largest absolute Gasteiger partial charge is 0.460 e. The fourth-order valence-corrected chi connectivity index (χ4v) is 2.46. The number of furan rings is 1. The molecular formula is C15H12BrNO. The predicted octanol–water partition coefficient (Wildman–Crippen LogP) is 4.49. The maximum Gasteiger partial charge on any atom is 0.134 e. The molecule has 0 spiro atoms. The number of aryl methyl sites for hydroxylation is 1. The van der Waals surface area contributed by atoms with Crippen molar-refractivity contribution in [2.75, 3.05) is 0 Å². The minimum absolute atomic E-state index is 0.784. The van der Waals surface area contributed by atoms with Crippen LogP contribution in [0.2, 0.25) is 0 Å². The lowest BCUT2D eigenvalue weighted by Gasteiger charge is -1.98. The summed E-state index contributed by atoms with van der Waals surface area (Å²) in [6.45, 7) is 2.10. The van der Waals surface area contributed by atoms with Gasteiger partial charge in [-0.15, -0.1) is 0 Å². The Labute approximate surface area is 114 Å². The van der Waals surface area contributed by atoms with E-state index in [1.807, 2.05) is 24.4 Å². The molecule has 0 bridgehead atoms. The minimum atomic E-state index is 0.784. The third-order valence-electron chi connectivity index (χ3n) is 3.08. The van der Waals surface area contributed by atoms with Crippen molar-refractivity contribution < 1.29 is 4.42 Å². The van der Waals surface area contributed by atoms with E-state index in [0.717, 1.165) is 22.2 Å². The molecule has 0 unspecified atom stereocenters. The zero-order chi connectivity index (χ0) is 12.5. The molecule has 0 radical (unpaired) electrons. The quantitative estimate of drug-likeness (QED) is 0.697. The summed E-state index contributed by atoms with van der Waals surface area (Å²) in [4.78, 5) is 4.13. The van der Waals surface area contributed by atoms with Gasteiger partial charge in [-0.25, -0.2) is 0 Å². The van der Waals surface area contributed by atoms with Crippen molar-refractivity contribution in [3.63, 3.8) is 0 Å². The van der Waals surface area contributed by atoms with Crippen LogP contribution in [0.3, 0.4) is 0 Å². The van der Waals surface area contributed by atoms with E-state index in [4.69, 9.17) is 4.42 Å². The summed E-state index contributed by atoms with van der Waals surface area (Å²) in [5, 5.41) is 1.17. The second-order valence-corrected chi connectivity index (χ2v) is 5.24. The van der Waals surface area contributed by atoms with Crippen LogP contribution in [0.15, 0.2) is 51.6 Å². The molecule has 0 atom stereocenters. The average molecular weight is 302 g/mol. The Kier molecular flexibility index (Phi) is 2.92. The summed E-state index contributed by atoms with van der Waals surface area (Å²) < 4.78 is 6.98. The monoisotopic (exact) mass is 301 g/mol. The van der Waals surface area contributed by atoms with Gasteiger partial charge in [0.2, 0.25) is 0 Å². The smallest absolute Gasteiger partial charge is 0.134 e. The zero-order valence-electron chi connectivity index (χ0n) is 9.98. The standard InChI is InChI=1S/C15H12BrNO/c1-10-13-8-12(16)4-5-14(13)18-15(10)7-11-3-2-6-17-9-11/h2-6,8-9H,7H2,1H3. The lowest BCUT2D eigenvalue weighted by atomic mass is 10.1. The van der Waals surface area contributed by atoms with Gasteiger partial charge in [0.25, 0.3) is 0 Å². The number of fused-ring (bicyclic) bond motifs is 1. The van der Waals surface area contributed by atoms with Gasteiger partial charge in [0.15, 0.2) is 0 Å².